The zero-order valence-electron chi connectivity index (χ0n) is 11.9. The fourth-order valence-electron chi connectivity index (χ4n) is 1.99. The molecule has 0 spiro atoms. The smallest absolute Gasteiger partial charge is 0.255 e. The highest BCUT2D eigenvalue weighted by Gasteiger charge is 2.13. The van der Waals surface area contributed by atoms with E-state index in [-0.39, 0.29) is 6.61 Å². The Bertz CT molecular complexity index is 585. The van der Waals surface area contributed by atoms with Crippen LogP contribution in [0.2, 0.25) is 0 Å². The van der Waals surface area contributed by atoms with Crippen molar-refractivity contribution in [1.29, 1.82) is 0 Å². The van der Waals surface area contributed by atoms with Gasteiger partial charge in [-0.05, 0) is 23.6 Å². The van der Waals surface area contributed by atoms with Gasteiger partial charge in [-0.1, -0.05) is 12.1 Å². The van der Waals surface area contributed by atoms with Crippen LogP contribution in [0.15, 0.2) is 35.7 Å². The minimum atomic E-state index is -0.505. The normalized spacial score (nSPS) is 10.3. The minimum Gasteiger partial charge on any atom is -0.493 e. The van der Waals surface area contributed by atoms with Gasteiger partial charge in [0.05, 0.1) is 17.6 Å². The molecular formula is C15H19N2O3S+. The van der Waals surface area contributed by atoms with E-state index in [0.717, 1.165) is 18.7 Å². The van der Waals surface area contributed by atoms with Crippen molar-refractivity contribution in [1.82, 2.24) is 0 Å². The second kappa shape index (κ2) is 7.66. The molecule has 0 unspecified atom stereocenters. The van der Waals surface area contributed by atoms with Crippen LogP contribution in [0.1, 0.15) is 10.4 Å². The fourth-order valence-corrected chi connectivity index (χ4v) is 2.69. The summed E-state index contributed by atoms with van der Waals surface area (Å²) in [6.07, 6.45) is 0. The number of thiophene rings is 1. The molecule has 2 aromatic rings. The van der Waals surface area contributed by atoms with Crippen LogP contribution in [0.5, 0.6) is 11.5 Å². The average Bonchev–Trinajstić information content (AvgIpc) is 2.98. The van der Waals surface area contributed by atoms with Gasteiger partial charge in [0.2, 0.25) is 0 Å². The zero-order valence-corrected chi connectivity index (χ0v) is 12.7. The van der Waals surface area contributed by atoms with Crippen molar-refractivity contribution in [2.75, 3.05) is 13.7 Å². The molecule has 0 radical (unpaired) electrons. The lowest BCUT2D eigenvalue weighted by atomic mass is 10.2. The summed E-state index contributed by atoms with van der Waals surface area (Å²) in [4.78, 5) is 12.2. The molecule has 0 fully saturated rings. The van der Waals surface area contributed by atoms with Crippen LogP contribution in [0.4, 0.5) is 0 Å². The third kappa shape index (κ3) is 4.47. The van der Waals surface area contributed by atoms with Crippen molar-refractivity contribution in [2.24, 2.45) is 5.73 Å². The predicted molar refractivity (Wildman–Crippen MR) is 81.3 cm³/mol. The van der Waals surface area contributed by atoms with Gasteiger partial charge in [0.25, 0.3) is 5.91 Å². The maximum Gasteiger partial charge on any atom is 0.255 e. The Morgan fingerprint density at radius 2 is 2.14 bits per heavy atom. The van der Waals surface area contributed by atoms with Gasteiger partial charge in [-0.15, -0.1) is 11.3 Å². The topological polar surface area (TPSA) is 78.2 Å². The van der Waals surface area contributed by atoms with Gasteiger partial charge in [0.1, 0.15) is 13.1 Å². The third-order valence-electron chi connectivity index (χ3n) is 2.93. The van der Waals surface area contributed by atoms with Crippen molar-refractivity contribution in [3.05, 3.63) is 46.2 Å². The number of hydrogen-bond acceptors (Lipinski definition) is 4. The summed E-state index contributed by atoms with van der Waals surface area (Å²) in [5.41, 5.74) is 6.11. The molecule has 4 N–H and O–H groups in total. The molecule has 1 amide bonds. The van der Waals surface area contributed by atoms with Crippen LogP contribution in [-0.4, -0.2) is 19.6 Å². The Morgan fingerprint density at radius 3 is 2.81 bits per heavy atom. The van der Waals surface area contributed by atoms with Crippen molar-refractivity contribution in [2.45, 2.75) is 13.1 Å². The molecule has 2 rings (SSSR count). The second-order valence-electron chi connectivity index (χ2n) is 4.48. The summed E-state index contributed by atoms with van der Waals surface area (Å²) < 4.78 is 10.8. The van der Waals surface area contributed by atoms with E-state index in [1.165, 1.54) is 4.88 Å². The quantitative estimate of drug-likeness (QED) is 0.760. The number of amides is 1. The molecule has 0 saturated carbocycles. The van der Waals surface area contributed by atoms with Crippen molar-refractivity contribution in [3.8, 4) is 11.5 Å². The average molecular weight is 307 g/mol. The van der Waals surface area contributed by atoms with Crippen molar-refractivity contribution in [3.63, 3.8) is 0 Å². The van der Waals surface area contributed by atoms with Crippen LogP contribution in [0.25, 0.3) is 0 Å². The SMILES string of the molecule is COc1cccc(C[NH2+]Cc2cccs2)c1OCC(N)=O. The maximum atomic E-state index is 10.9. The Morgan fingerprint density at radius 1 is 1.29 bits per heavy atom. The number of carbonyl (C=O) groups excluding carboxylic acids is 1. The monoisotopic (exact) mass is 307 g/mol. The fraction of sp³-hybridized carbons (Fsp3) is 0.267. The number of carbonyl (C=O) groups is 1. The highest BCUT2D eigenvalue weighted by molar-refractivity contribution is 7.09. The summed E-state index contributed by atoms with van der Waals surface area (Å²) in [5.74, 6) is 0.689. The number of para-hydroxylation sites is 1. The molecule has 112 valence electrons. The summed E-state index contributed by atoms with van der Waals surface area (Å²) >= 11 is 1.74. The number of primary amides is 1. The minimum absolute atomic E-state index is 0.154. The first-order chi connectivity index (χ1) is 10.2. The molecule has 1 heterocycles. The largest absolute Gasteiger partial charge is 0.493 e. The van der Waals surface area contributed by atoms with E-state index in [4.69, 9.17) is 15.2 Å². The standard InChI is InChI=1S/C15H18N2O3S/c1-19-13-6-2-4-11(15(13)20-10-14(16)18)8-17-9-12-5-3-7-21-12/h2-7,17H,8-10H2,1H3,(H2,16,18)/p+1. The molecule has 0 aliphatic rings. The van der Waals surface area contributed by atoms with Gasteiger partial charge in [0, 0.05) is 0 Å². The lowest BCUT2D eigenvalue weighted by Crippen LogP contribution is -2.80. The first-order valence-corrected chi connectivity index (χ1v) is 7.49. The van der Waals surface area contributed by atoms with Gasteiger partial charge in [-0.3, -0.25) is 4.79 Å². The van der Waals surface area contributed by atoms with E-state index in [0.29, 0.717) is 11.5 Å². The molecule has 0 atom stereocenters. The van der Waals surface area contributed by atoms with Gasteiger partial charge in [-0.25, -0.2) is 0 Å². The Balaban J connectivity index is 2.04. The molecule has 5 nitrogen and oxygen atoms in total. The van der Waals surface area contributed by atoms with Gasteiger partial charge in [0.15, 0.2) is 18.1 Å². The van der Waals surface area contributed by atoms with Crippen LogP contribution >= 0.6 is 11.3 Å². The summed E-state index contributed by atoms with van der Waals surface area (Å²) in [5, 5.41) is 4.24. The Hall–Kier alpha value is -2.05. The highest BCUT2D eigenvalue weighted by Crippen LogP contribution is 2.30. The first-order valence-electron chi connectivity index (χ1n) is 6.61. The van der Waals surface area contributed by atoms with Crippen LogP contribution in [0.3, 0.4) is 0 Å². The van der Waals surface area contributed by atoms with Crippen LogP contribution in [-0.2, 0) is 17.9 Å². The van der Waals surface area contributed by atoms with Crippen molar-refractivity contribution < 1.29 is 19.6 Å². The molecule has 1 aromatic heterocycles. The summed E-state index contributed by atoms with van der Waals surface area (Å²) in [7, 11) is 1.58. The predicted octanol–water partition coefficient (Wildman–Crippen LogP) is 0.884. The number of methoxy groups -OCH3 is 1. The van der Waals surface area contributed by atoms with E-state index in [9.17, 15) is 4.79 Å². The first kappa shape index (κ1) is 15.3. The van der Waals surface area contributed by atoms with Gasteiger partial charge >= 0.3 is 0 Å². The second-order valence-corrected chi connectivity index (χ2v) is 5.51. The summed E-state index contributed by atoms with van der Waals surface area (Å²) in [6, 6.07) is 9.82. The lowest BCUT2D eigenvalue weighted by molar-refractivity contribution is -0.685. The highest BCUT2D eigenvalue weighted by atomic mass is 32.1. The Labute approximate surface area is 127 Å². The molecule has 0 bridgehead atoms. The maximum absolute atomic E-state index is 10.9. The van der Waals surface area contributed by atoms with Gasteiger partial charge < -0.3 is 20.5 Å². The molecule has 0 saturated heterocycles. The summed E-state index contributed by atoms with van der Waals surface area (Å²) in [6.45, 7) is 1.49. The van der Waals surface area contributed by atoms with E-state index >= 15 is 0 Å². The molecule has 0 aliphatic carbocycles. The van der Waals surface area contributed by atoms with E-state index in [1.807, 2.05) is 18.2 Å². The number of ether oxygens (including phenoxy) is 2. The van der Waals surface area contributed by atoms with Crippen LogP contribution in [0, 0.1) is 0 Å². The molecule has 21 heavy (non-hydrogen) atoms. The van der Waals surface area contributed by atoms with Gasteiger partial charge in [-0.2, -0.15) is 0 Å². The van der Waals surface area contributed by atoms with E-state index < -0.39 is 5.91 Å². The Kier molecular flexibility index (Phi) is 5.59. The van der Waals surface area contributed by atoms with Crippen LogP contribution < -0.4 is 20.5 Å². The lowest BCUT2D eigenvalue weighted by Gasteiger charge is -2.13. The van der Waals surface area contributed by atoms with E-state index in [2.05, 4.69) is 16.8 Å². The zero-order chi connectivity index (χ0) is 15.1. The molecule has 1 aromatic carbocycles. The number of quaternary nitrogens is 1. The number of benzene rings is 1. The molecule has 0 aliphatic heterocycles. The number of hydrogen-bond donors (Lipinski definition) is 2. The molecular weight excluding hydrogens is 288 g/mol. The van der Waals surface area contributed by atoms with Crippen molar-refractivity contribution >= 4 is 17.2 Å². The molecule has 6 heteroatoms. The third-order valence-corrected chi connectivity index (χ3v) is 3.83. The van der Waals surface area contributed by atoms with E-state index in [1.54, 1.807) is 24.5 Å². The number of rotatable bonds is 8. The number of nitrogens with two attached hydrogens (primary N) is 2.